The third-order valence-corrected chi connectivity index (χ3v) is 4.21. The summed E-state index contributed by atoms with van der Waals surface area (Å²) in [6.07, 6.45) is 3.39. The van der Waals surface area contributed by atoms with Gasteiger partial charge in [-0.2, -0.15) is 0 Å². The minimum atomic E-state index is -0.160. The third kappa shape index (κ3) is 3.28. The van der Waals surface area contributed by atoms with E-state index in [9.17, 15) is 4.79 Å². The summed E-state index contributed by atoms with van der Waals surface area (Å²) >= 11 is 1.71. The van der Waals surface area contributed by atoms with Gasteiger partial charge in [0, 0.05) is 24.9 Å². The van der Waals surface area contributed by atoms with Gasteiger partial charge in [0.1, 0.15) is 0 Å². The Bertz CT molecular complexity index is 729. The molecule has 0 atom stereocenters. The number of aryl methyl sites for hydroxylation is 2. The number of H-pyrrole nitrogens is 1. The number of carbonyl (C=O) groups excluding carboxylic acids is 1. The number of carbonyl (C=O) groups is 1. The van der Waals surface area contributed by atoms with Gasteiger partial charge in [-0.15, -0.1) is 11.3 Å². The van der Waals surface area contributed by atoms with Crippen LogP contribution in [0.3, 0.4) is 0 Å². The van der Waals surface area contributed by atoms with Crippen molar-refractivity contribution < 1.29 is 4.79 Å². The second kappa shape index (κ2) is 6.05. The van der Waals surface area contributed by atoms with E-state index in [1.54, 1.807) is 17.5 Å². The first-order valence-electron chi connectivity index (χ1n) is 6.86. The van der Waals surface area contributed by atoms with E-state index in [0.717, 1.165) is 29.1 Å². The number of hydrogen-bond acceptors (Lipinski definition) is 4. The molecule has 5 nitrogen and oxygen atoms in total. The van der Waals surface area contributed by atoms with E-state index in [4.69, 9.17) is 0 Å². The smallest absolute Gasteiger partial charge is 0.287 e. The van der Waals surface area contributed by atoms with Crippen LogP contribution in [0.5, 0.6) is 0 Å². The van der Waals surface area contributed by atoms with Crippen LogP contribution >= 0.6 is 11.3 Å². The molecule has 6 heteroatoms. The van der Waals surface area contributed by atoms with E-state index in [-0.39, 0.29) is 5.91 Å². The van der Waals surface area contributed by atoms with Gasteiger partial charge in [0.05, 0.1) is 15.2 Å². The number of nitrogens with one attached hydrogen (secondary N) is 2. The molecule has 2 heterocycles. The predicted molar refractivity (Wildman–Crippen MR) is 83.6 cm³/mol. The number of aromatic nitrogens is 3. The molecule has 1 amide bonds. The summed E-state index contributed by atoms with van der Waals surface area (Å²) in [5.41, 5.74) is 1.93. The molecule has 0 bridgehead atoms. The number of nitrogens with zero attached hydrogens (tertiary/aromatic N) is 2. The van der Waals surface area contributed by atoms with Crippen molar-refractivity contribution in [2.75, 3.05) is 6.54 Å². The first-order valence-corrected chi connectivity index (χ1v) is 7.68. The quantitative estimate of drug-likeness (QED) is 0.712. The van der Waals surface area contributed by atoms with Crippen molar-refractivity contribution in [3.8, 4) is 0 Å². The molecule has 0 aliphatic heterocycles. The molecule has 1 aromatic carbocycles. The topological polar surface area (TPSA) is 70.7 Å². The average Bonchev–Trinajstić information content (AvgIpc) is 3.09. The van der Waals surface area contributed by atoms with Crippen LogP contribution in [0.15, 0.2) is 30.5 Å². The van der Waals surface area contributed by atoms with Crippen LogP contribution < -0.4 is 5.32 Å². The molecule has 0 saturated carbocycles. The van der Waals surface area contributed by atoms with Crippen LogP contribution in [-0.2, 0) is 6.42 Å². The molecule has 0 unspecified atom stereocenters. The highest BCUT2D eigenvalue weighted by Gasteiger charge is 2.08. The average molecular weight is 300 g/mol. The van der Waals surface area contributed by atoms with Crippen LogP contribution in [0.1, 0.15) is 27.7 Å². The Labute approximate surface area is 126 Å². The number of aromatic amines is 1. The normalized spacial score (nSPS) is 10.9. The Morgan fingerprint density at radius 2 is 2.24 bits per heavy atom. The molecule has 2 N–H and O–H groups in total. The van der Waals surface area contributed by atoms with Gasteiger partial charge in [0.25, 0.3) is 5.91 Å². The van der Waals surface area contributed by atoms with Crippen LogP contribution in [-0.4, -0.2) is 27.4 Å². The summed E-state index contributed by atoms with van der Waals surface area (Å²) in [4.78, 5) is 23.3. The van der Waals surface area contributed by atoms with Crippen LogP contribution in [0.2, 0.25) is 0 Å². The lowest BCUT2D eigenvalue weighted by molar-refractivity contribution is 0.0943. The summed E-state index contributed by atoms with van der Waals surface area (Å²) in [6.45, 7) is 2.49. The summed E-state index contributed by atoms with van der Waals surface area (Å²) in [5, 5.41) is 3.97. The molecular weight excluding hydrogens is 284 g/mol. The summed E-state index contributed by atoms with van der Waals surface area (Å²) in [5.74, 6) is 0.208. The predicted octanol–water partition coefficient (Wildman–Crippen LogP) is 2.69. The third-order valence-electron chi connectivity index (χ3n) is 3.11. The number of fused-ring (bicyclic) bond motifs is 1. The van der Waals surface area contributed by atoms with E-state index >= 15 is 0 Å². The van der Waals surface area contributed by atoms with Crippen molar-refractivity contribution in [2.24, 2.45) is 0 Å². The van der Waals surface area contributed by atoms with Crippen molar-refractivity contribution in [3.05, 3.63) is 47.0 Å². The second-order valence-electron chi connectivity index (χ2n) is 4.85. The molecule has 0 spiro atoms. The van der Waals surface area contributed by atoms with Crippen LogP contribution in [0, 0.1) is 6.92 Å². The highest BCUT2D eigenvalue weighted by Crippen LogP contribution is 2.22. The lowest BCUT2D eigenvalue weighted by atomic mass is 10.3. The Hall–Kier alpha value is -2.21. The Kier molecular flexibility index (Phi) is 3.96. The van der Waals surface area contributed by atoms with Crippen molar-refractivity contribution >= 4 is 27.5 Å². The summed E-state index contributed by atoms with van der Waals surface area (Å²) in [7, 11) is 0. The number of amides is 1. The van der Waals surface area contributed by atoms with Crippen LogP contribution in [0.4, 0.5) is 0 Å². The van der Waals surface area contributed by atoms with Gasteiger partial charge in [-0.3, -0.25) is 4.79 Å². The van der Waals surface area contributed by atoms with Crippen molar-refractivity contribution in [1.29, 1.82) is 0 Å². The van der Waals surface area contributed by atoms with Gasteiger partial charge < -0.3 is 10.3 Å². The number of benzene rings is 1. The van der Waals surface area contributed by atoms with E-state index < -0.39 is 0 Å². The maximum absolute atomic E-state index is 11.8. The molecule has 0 aliphatic rings. The number of rotatable bonds is 5. The number of para-hydroxylation sites is 1. The zero-order valence-electron chi connectivity index (χ0n) is 11.7. The Morgan fingerprint density at radius 3 is 3.00 bits per heavy atom. The molecule has 21 heavy (non-hydrogen) atoms. The molecule has 0 saturated heterocycles. The monoisotopic (exact) mass is 300 g/mol. The molecule has 0 fully saturated rings. The maximum Gasteiger partial charge on any atom is 0.287 e. The van der Waals surface area contributed by atoms with E-state index in [2.05, 4.69) is 26.3 Å². The zero-order chi connectivity index (χ0) is 14.7. The molecule has 3 aromatic rings. The molecule has 0 aliphatic carbocycles. The van der Waals surface area contributed by atoms with Gasteiger partial charge in [0.2, 0.25) is 0 Å². The fourth-order valence-electron chi connectivity index (χ4n) is 2.08. The van der Waals surface area contributed by atoms with Gasteiger partial charge in [0.15, 0.2) is 5.82 Å². The lowest BCUT2D eigenvalue weighted by Crippen LogP contribution is -2.25. The Balaban J connectivity index is 1.49. The van der Waals surface area contributed by atoms with E-state index in [1.165, 1.54) is 4.70 Å². The summed E-state index contributed by atoms with van der Waals surface area (Å²) < 4.78 is 1.21. The fourth-order valence-corrected chi connectivity index (χ4v) is 3.09. The van der Waals surface area contributed by atoms with Crippen molar-refractivity contribution in [3.63, 3.8) is 0 Å². The first-order chi connectivity index (χ1) is 10.2. The standard InChI is InChI=1S/C15H16N4OS/c1-10-9-17-14(18-10)15(20)16-8-4-7-13-19-11-5-2-3-6-12(11)21-13/h2-3,5-6,9H,4,7-8H2,1H3,(H,16,20)(H,17,18). The summed E-state index contributed by atoms with van der Waals surface area (Å²) in [6, 6.07) is 8.13. The molecule has 3 rings (SSSR count). The second-order valence-corrected chi connectivity index (χ2v) is 5.96. The number of hydrogen-bond donors (Lipinski definition) is 2. The van der Waals surface area contributed by atoms with Crippen LogP contribution in [0.25, 0.3) is 10.2 Å². The highest BCUT2D eigenvalue weighted by molar-refractivity contribution is 7.18. The number of thiazole rings is 1. The zero-order valence-corrected chi connectivity index (χ0v) is 12.5. The van der Waals surface area contributed by atoms with Gasteiger partial charge >= 0.3 is 0 Å². The molecule has 108 valence electrons. The maximum atomic E-state index is 11.8. The van der Waals surface area contributed by atoms with Gasteiger partial charge in [-0.1, -0.05) is 12.1 Å². The van der Waals surface area contributed by atoms with Crippen molar-refractivity contribution in [2.45, 2.75) is 19.8 Å². The van der Waals surface area contributed by atoms with Gasteiger partial charge in [-0.05, 0) is 25.5 Å². The minimum Gasteiger partial charge on any atom is -0.349 e. The lowest BCUT2D eigenvalue weighted by Gasteiger charge is -2.01. The van der Waals surface area contributed by atoms with E-state index in [1.807, 2.05) is 25.1 Å². The van der Waals surface area contributed by atoms with Crippen molar-refractivity contribution in [1.82, 2.24) is 20.3 Å². The minimum absolute atomic E-state index is 0.160. The van der Waals surface area contributed by atoms with Gasteiger partial charge in [-0.25, -0.2) is 9.97 Å². The number of imidazole rings is 1. The highest BCUT2D eigenvalue weighted by atomic mass is 32.1. The first kappa shape index (κ1) is 13.8. The molecule has 2 aromatic heterocycles. The van der Waals surface area contributed by atoms with E-state index in [0.29, 0.717) is 12.4 Å². The fraction of sp³-hybridized carbons (Fsp3) is 0.267. The largest absolute Gasteiger partial charge is 0.349 e. The SMILES string of the molecule is Cc1cnc(C(=O)NCCCc2nc3ccccc3s2)[nH]1. The molecular formula is C15H16N4OS. The molecule has 0 radical (unpaired) electrons. The Morgan fingerprint density at radius 1 is 1.38 bits per heavy atom.